The summed E-state index contributed by atoms with van der Waals surface area (Å²) >= 11 is 0. The molecule has 1 amide bonds. The van der Waals surface area contributed by atoms with Crippen LogP contribution in [0.4, 0.5) is 5.69 Å². The molecular weight excluding hydrogens is 434 g/mol. The third-order valence-electron chi connectivity index (χ3n) is 5.64. The molecule has 0 unspecified atom stereocenters. The van der Waals surface area contributed by atoms with E-state index in [0.29, 0.717) is 53.4 Å². The van der Waals surface area contributed by atoms with Crippen molar-refractivity contribution in [3.8, 4) is 28.9 Å². The number of benzene rings is 2. The van der Waals surface area contributed by atoms with Crippen molar-refractivity contribution < 1.29 is 19.0 Å². The quantitative estimate of drug-likeness (QED) is 0.474. The lowest BCUT2D eigenvalue weighted by atomic mass is 10.1. The Labute approximate surface area is 196 Å². The summed E-state index contributed by atoms with van der Waals surface area (Å²) in [5.41, 5.74) is 4.15. The van der Waals surface area contributed by atoms with E-state index < -0.39 is 0 Å². The predicted molar refractivity (Wildman–Crippen MR) is 125 cm³/mol. The van der Waals surface area contributed by atoms with Crippen molar-refractivity contribution in [3.63, 3.8) is 0 Å². The molecule has 3 heterocycles. The van der Waals surface area contributed by atoms with Gasteiger partial charge in [-0.2, -0.15) is 5.10 Å². The molecule has 1 aliphatic rings. The van der Waals surface area contributed by atoms with Gasteiger partial charge in [-0.1, -0.05) is 6.07 Å². The summed E-state index contributed by atoms with van der Waals surface area (Å²) in [6, 6.07) is 15.8. The molecule has 0 spiro atoms. The Morgan fingerprint density at radius 3 is 2.47 bits per heavy atom. The number of anilines is 1. The summed E-state index contributed by atoms with van der Waals surface area (Å²) in [5, 5.41) is 15.8. The highest BCUT2D eigenvalue weighted by Gasteiger charge is 2.20. The van der Waals surface area contributed by atoms with Crippen LogP contribution in [0.3, 0.4) is 0 Å². The number of carbonyl (C=O) groups is 1. The van der Waals surface area contributed by atoms with Crippen molar-refractivity contribution in [3.05, 3.63) is 77.1 Å². The molecule has 5 rings (SSSR count). The average Bonchev–Trinajstić information content (AvgIpc) is 3.12. The normalized spacial score (nSPS) is 12.3. The minimum atomic E-state index is -0.281. The summed E-state index contributed by atoms with van der Waals surface area (Å²) in [6.45, 7) is 6.87. The van der Waals surface area contributed by atoms with Crippen LogP contribution in [-0.4, -0.2) is 39.1 Å². The number of fused-ring (bicyclic) bond motifs is 1. The minimum Gasteiger partial charge on any atom is -0.486 e. The number of para-hydroxylation sites is 1. The number of amides is 1. The third-order valence-corrected chi connectivity index (χ3v) is 5.64. The molecule has 9 nitrogen and oxygen atoms in total. The molecule has 172 valence electrons. The monoisotopic (exact) mass is 457 g/mol. The molecule has 4 aromatic rings. The van der Waals surface area contributed by atoms with E-state index in [0.717, 1.165) is 17.0 Å². The minimum absolute atomic E-state index is 0.281. The highest BCUT2D eigenvalue weighted by molar-refractivity contribution is 6.06. The van der Waals surface area contributed by atoms with Crippen LogP contribution in [0.25, 0.3) is 5.82 Å². The summed E-state index contributed by atoms with van der Waals surface area (Å²) in [4.78, 5) is 12.8. The molecular formula is C25H23N5O4. The molecule has 34 heavy (non-hydrogen) atoms. The van der Waals surface area contributed by atoms with Gasteiger partial charge in [0.25, 0.3) is 5.91 Å². The van der Waals surface area contributed by atoms with E-state index in [-0.39, 0.29) is 5.91 Å². The number of nitrogens with one attached hydrogen (secondary N) is 1. The number of carbonyl (C=O) groups excluding carboxylic acids is 1. The van der Waals surface area contributed by atoms with E-state index in [9.17, 15) is 4.79 Å². The van der Waals surface area contributed by atoms with Crippen molar-refractivity contribution in [2.75, 3.05) is 18.5 Å². The van der Waals surface area contributed by atoms with Gasteiger partial charge < -0.3 is 19.5 Å². The van der Waals surface area contributed by atoms with Crippen LogP contribution in [0.2, 0.25) is 0 Å². The van der Waals surface area contributed by atoms with Gasteiger partial charge in [0.1, 0.15) is 19.0 Å². The number of hydrogen-bond donors (Lipinski definition) is 1. The highest BCUT2D eigenvalue weighted by atomic mass is 16.6. The van der Waals surface area contributed by atoms with E-state index in [4.69, 9.17) is 14.2 Å². The largest absolute Gasteiger partial charge is 0.486 e. The maximum absolute atomic E-state index is 12.8. The van der Waals surface area contributed by atoms with Crippen LogP contribution in [0.5, 0.6) is 23.1 Å². The van der Waals surface area contributed by atoms with Gasteiger partial charge in [-0.05, 0) is 68.8 Å². The number of rotatable bonds is 5. The van der Waals surface area contributed by atoms with Crippen molar-refractivity contribution in [2.45, 2.75) is 20.8 Å². The summed E-state index contributed by atoms with van der Waals surface area (Å²) < 4.78 is 18.7. The van der Waals surface area contributed by atoms with Gasteiger partial charge >= 0.3 is 0 Å². The zero-order valence-electron chi connectivity index (χ0n) is 19.0. The van der Waals surface area contributed by atoms with Crippen molar-refractivity contribution in [1.29, 1.82) is 0 Å². The molecule has 2 aromatic carbocycles. The Kier molecular flexibility index (Phi) is 5.59. The average molecular weight is 457 g/mol. The zero-order valence-corrected chi connectivity index (χ0v) is 19.0. The van der Waals surface area contributed by atoms with Gasteiger partial charge in [-0.25, -0.2) is 4.68 Å². The van der Waals surface area contributed by atoms with Crippen molar-refractivity contribution >= 4 is 11.6 Å². The van der Waals surface area contributed by atoms with Gasteiger partial charge in [0, 0.05) is 17.4 Å². The molecule has 0 radical (unpaired) electrons. The van der Waals surface area contributed by atoms with Gasteiger partial charge in [-0.15, -0.1) is 10.2 Å². The first kappa shape index (κ1) is 21.4. The van der Waals surface area contributed by atoms with E-state index in [1.54, 1.807) is 53.2 Å². The van der Waals surface area contributed by atoms with E-state index >= 15 is 0 Å². The number of ether oxygens (including phenoxy) is 3. The Morgan fingerprint density at radius 2 is 1.76 bits per heavy atom. The fraction of sp³-hybridized carbons (Fsp3) is 0.200. The summed E-state index contributed by atoms with van der Waals surface area (Å²) in [6.07, 6.45) is 0. The van der Waals surface area contributed by atoms with E-state index in [2.05, 4.69) is 20.6 Å². The molecule has 0 saturated carbocycles. The molecule has 1 N–H and O–H groups in total. The first-order valence-electron chi connectivity index (χ1n) is 10.8. The van der Waals surface area contributed by atoms with Crippen LogP contribution in [-0.2, 0) is 0 Å². The standard InChI is InChI=1S/C25H23N5O4/c1-15-16(2)29-30(17(15)3)22-11-12-23(28-27-22)34-19-9-7-18(8-10-19)26-25(31)20-5-4-6-21-24(20)33-14-13-32-21/h4-12H,13-14H2,1-3H3,(H,26,31). The first-order chi connectivity index (χ1) is 16.5. The molecule has 0 saturated heterocycles. The van der Waals surface area contributed by atoms with Crippen LogP contribution >= 0.6 is 0 Å². The number of aryl methyl sites for hydroxylation is 1. The summed E-state index contributed by atoms with van der Waals surface area (Å²) in [5.74, 6) is 2.29. The summed E-state index contributed by atoms with van der Waals surface area (Å²) in [7, 11) is 0. The van der Waals surface area contributed by atoms with Crippen molar-refractivity contribution in [1.82, 2.24) is 20.0 Å². The zero-order chi connectivity index (χ0) is 23.7. The van der Waals surface area contributed by atoms with Gasteiger partial charge in [0.15, 0.2) is 17.3 Å². The second kappa shape index (κ2) is 8.86. The maximum atomic E-state index is 12.8. The fourth-order valence-corrected chi connectivity index (χ4v) is 3.60. The van der Waals surface area contributed by atoms with Crippen LogP contribution in [0.15, 0.2) is 54.6 Å². The van der Waals surface area contributed by atoms with Crippen LogP contribution < -0.4 is 19.5 Å². The van der Waals surface area contributed by atoms with Crippen LogP contribution in [0.1, 0.15) is 27.3 Å². The van der Waals surface area contributed by atoms with E-state index in [1.165, 1.54) is 0 Å². The lowest BCUT2D eigenvalue weighted by molar-refractivity contribution is 0.101. The predicted octanol–water partition coefficient (Wildman–Crippen LogP) is 4.40. The number of aromatic nitrogens is 4. The smallest absolute Gasteiger partial charge is 0.259 e. The second-order valence-corrected chi connectivity index (χ2v) is 7.85. The molecule has 0 bridgehead atoms. The topological polar surface area (TPSA) is 100 Å². The molecule has 9 heteroatoms. The third kappa shape index (κ3) is 4.15. The number of nitrogens with zero attached hydrogens (tertiary/aromatic N) is 4. The molecule has 0 atom stereocenters. The first-order valence-corrected chi connectivity index (χ1v) is 10.8. The number of hydrogen-bond acceptors (Lipinski definition) is 7. The fourth-order valence-electron chi connectivity index (χ4n) is 3.60. The Hall–Kier alpha value is -4.40. The maximum Gasteiger partial charge on any atom is 0.259 e. The Balaban J connectivity index is 1.25. The Bertz CT molecular complexity index is 1350. The lowest BCUT2D eigenvalue weighted by Crippen LogP contribution is -2.20. The van der Waals surface area contributed by atoms with Gasteiger partial charge in [-0.3, -0.25) is 4.79 Å². The van der Waals surface area contributed by atoms with E-state index in [1.807, 2.05) is 26.8 Å². The van der Waals surface area contributed by atoms with Crippen molar-refractivity contribution in [2.24, 2.45) is 0 Å². The molecule has 1 aliphatic heterocycles. The second-order valence-electron chi connectivity index (χ2n) is 7.85. The van der Waals surface area contributed by atoms with Crippen LogP contribution in [0, 0.1) is 20.8 Å². The SMILES string of the molecule is Cc1nn(-c2ccc(Oc3ccc(NC(=O)c4cccc5c4OCCO5)cc3)nn2)c(C)c1C. The highest BCUT2D eigenvalue weighted by Crippen LogP contribution is 2.34. The molecule has 0 aliphatic carbocycles. The molecule has 0 fully saturated rings. The molecule has 2 aromatic heterocycles. The van der Waals surface area contributed by atoms with Gasteiger partial charge in [0.2, 0.25) is 5.88 Å². The lowest BCUT2D eigenvalue weighted by Gasteiger charge is -2.20. The van der Waals surface area contributed by atoms with Gasteiger partial charge in [0.05, 0.1) is 11.3 Å². The Morgan fingerprint density at radius 1 is 0.971 bits per heavy atom.